The van der Waals surface area contributed by atoms with E-state index in [0.29, 0.717) is 17.9 Å². The van der Waals surface area contributed by atoms with Crippen molar-refractivity contribution in [3.05, 3.63) is 0 Å². The second-order valence-corrected chi connectivity index (χ2v) is 4.92. The zero-order chi connectivity index (χ0) is 9.54. The highest BCUT2D eigenvalue weighted by atomic mass is 16.2. The van der Waals surface area contributed by atoms with Crippen LogP contribution in [0.5, 0.6) is 0 Å². The molecule has 0 radical (unpaired) electrons. The fourth-order valence-corrected chi connectivity index (χ4v) is 2.96. The zero-order valence-corrected chi connectivity index (χ0v) is 8.54. The Hall–Kier alpha value is -0.570. The number of nitrogens with zero attached hydrogens (tertiary/aromatic N) is 1. The molecule has 3 rings (SSSR count). The number of carbonyl (C=O) groups is 1. The third-order valence-electron chi connectivity index (χ3n) is 3.98. The molecule has 0 spiro atoms. The molecular formula is C11H18N2O. The third-order valence-corrected chi connectivity index (χ3v) is 3.98. The highest BCUT2D eigenvalue weighted by Gasteiger charge is 2.49. The van der Waals surface area contributed by atoms with E-state index in [1.807, 2.05) is 0 Å². The zero-order valence-electron chi connectivity index (χ0n) is 8.54. The van der Waals surface area contributed by atoms with Gasteiger partial charge >= 0.3 is 0 Å². The molecule has 0 bridgehead atoms. The SMILES string of the molecule is O=C1C2CC2CCN1C1CCCNC1. The Balaban J connectivity index is 1.67. The summed E-state index contributed by atoms with van der Waals surface area (Å²) in [4.78, 5) is 14.1. The maximum absolute atomic E-state index is 12.0. The van der Waals surface area contributed by atoms with Gasteiger partial charge in [-0.15, -0.1) is 0 Å². The number of nitrogens with one attached hydrogen (secondary N) is 1. The molecule has 1 N–H and O–H groups in total. The van der Waals surface area contributed by atoms with Crippen LogP contribution in [0.4, 0.5) is 0 Å². The smallest absolute Gasteiger partial charge is 0.226 e. The summed E-state index contributed by atoms with van der Waals surface area (Å²) in [6, 6.07) is 0.498. The first-order valence-electron chi connectivity index (χ1n) is 5.87. The molecule has 0 aromatic heterocycles. The van der Waals surface area contributed by atoms with E-state index < -0.39 is 0 Å². The number of hydrogen-bond acceptors (Lipinski definition) is 2. The molecule has 2 aliphatic heterocycles. The van der Waals surface area contributed by atoms with Crippen molar-refractivity contribution in [2.45, 2.75) is 31.7 Å². The topological polar surface area (TPSA) is 32.3 Å². The van der Waals surface area contributed by atoms with E-state index in [4.69, 9.17) is 0 Å². The number of likely N-dealkylation sites (tertiary alicyclic amines) is 1. The van der Waals surface area contributed by atoms with Gasteiger partial charge in [-0.05, 0) is 38.1 Å². The molecule has 3 atom stereocenters. The molecule has 78 valence electrons. The Labute approximate surface area is 84.8 Å². The second-order valence-electron chi connectivity index (χ2n) is 4.92. The molecule has 0 aromatic rings. The number of fused-ring (bicyclic) bond motifs is 1. The van der Waals surface area contributed by atoms with E-state index in [1.54, 1.807) is 0 Å². The molecule has 2 heterocycles. The van der Waals surface area contributed by atoms with Crippen molar-refractivity contribution < 1.29 is 4.79 Å². The Morgan fingerprint density at radius 1 is 1.36 bits per heavy atom. The lowest BCUT2D eigenvalue weighted by Gasteiger charge is -2.36. The molecule has 1 aliphatic carbocycles. The van der Waals surface area contributed by atoms with Crippen LogP contribution < -0.4 is 5.32 Å². The fourth-order valence-electron chi connectivity index (χ4n) is 2.96. The van der Waals surface area contributed by atoms with E-state index in [0.717, 1.165) is 25.6 Å². The van der Waals surface area contributed by atoms with Gasteiger partial charge in [0.05, 0.1) is 0 Å². The average molecular weight is 194 g/mol. The number of rotatable bonds is 1. The summed E-state index contributed by atoms with van der Waals surface area (Å²) in [5, 5.41) is 3.39. The van der Waals surface area contributed by atoms with Crippen LogP contribution in [-0.4, -0.2) is 36.5 Å². The minimum absolute atomic E-state index is 0.422. The van der Waals surface area contributed by atoms with Crippen molar-refractivity contribution in [1.29, 1.82) is 0 Å². The number of piperidine rings is 2. The summed E-state index contributed by atoms with van der Waals surface area (Å²) in [7, 11) is 0. The lowest BCUT2D eigenvalue weighted by molar-refractivity contribution is -0.137. The fraction of sp³-hybridized carbons (Fsp3) is 0.909. The first-order chi connectivity index (χ1) is 6.86. The minimum atomic E-state index is 0.422. The molecular weight excluding hydrogens is 176 g/mol. The maximum atomic E-state index is 12.0. The summed E-state index contributed by atoms with van der Waals surface area (Å²) in [6.07, 6.45) is 4.86. The first kappa shape index (κ1) is 8.72. The molecule has 3 nitrogen and oxygen atoms in total. The Morgan fingerprint density at radius 3 is 3.07 bits per heavy atom. The lowest BCUT2D eigenvalue weighted by Crippen LogP contribution is -2.51. The van der Waals surface area contributed by atoms with Crippen LogP contribution in [0.2, 0.25) is 0 Å². The summed E-state index contributed by atoms with van der Waals surface area (Å²) in [5.74, 6) is 1.64. The minimum Gasteiger partial charge on any atom is -0.338 e. The molecule has 0 aromatic carbocycles. The van der Waals surface area contributed by atoms with Gasteiger partial charge in [0, 0.05) is 25.0 Å². The predicted molar refractivity (Wildman–Crippen MR) is 53.8 cm³/mol. The second kappa shape index (κ2) is 3.23. The van der Waals surface area contributed by atoms with Crippen LogP contribution in [0, 0.1) is 11.8 Å². The summed E-state index contributed by atoms with van der Waals surface area (Å²) < 4.78 is 0. The Morgan fingerprint density at radius 2 is 2.29 bits per heavy atom. The first-order valence-corrected chi connectivity index (χ1v) is 5.87. The Kier molecular flexibility index (Phi) is 2.01. The van der Waals surface area contributed by atoms with Crippen LogP contribution in [0.15, 0.2) is 0 Å². The summed E-state index contributed by atoms with van der Waals surface area (Å²) in [5.41, 5.74) is 0. The molecule has 14 heavy (non-hydrogen) atoms. The molecule has 1 saturated carbocycles. The van der Waals surface area contributed by atoms with Gasteiger partial charge in [-0.2, -0.15) is 0 Å². The van der Waals surface area contributed by atoms with Gasteiger partial charge in [0.15, 0.2) is 0 Å². The lowest BCUT2D eigenvalue weighted by atomic mass is 10.0. The van der Waals surface area contributed by atoms with Gasteiger partial charge in [0.25, 0.3) is 0 Å². The van der Waals surface area contributed by atoms with Gasteiger partial charge in [-0.1, -0.05) is 0 Å². The number of carbonyl (C=O) groups excluding carboxylic acids is 1. The van der Waals surface area contributed by atoms with Crippen molar-refractivity contribution in [1.82, 2.24) is 10.2 Å². The van der Waals surface area contributed by atoms with Crippen molar-refractivity contribution in [3.8, 4) is 0 Å². The molecule has 3 heteroatoms. The van der Waals surface area contributed by atoms with E-state index in [1.165, 1.54) is 25.7 Å². The highest BCUT2D eigenvalue weighted by molar-refractivity contribution is 5.83. The predicted octanol–water partition coefficient (Wildman–Crippen LogP) is 0.607. The molecule has 3 unspecified atom stereocenters. The molecule has 2 saturated heterocycles. The van der Waals surface area contributed by atoms with E-state index in [2.05, 4.69) is 10.2 Å². The van der Waals surface area contributed by atoms with Gasteiger partial charge in [-0.3, -0.25) is 4.79 Å². The molecule has 3 aliphatic rings. The maximum Gasteiger partial charge on any atom is 0.226 e. The van der Waals surface area contributed by atoms with Crippen molar-refractivity contribution in [2.75, 3.05) is 19.6 Å². The average Bonchev–Trinajstić information content (AvgIpc) is 3.00. The van der Waals surface area contributed by atoms with Gasteiger partial charge in [0.1, 0.15) is 0 Å². The van der Waals surface area contributed by atoms with Crippen molar-refractivity contribution >= 4 is 5.91 Å². The van der Waals surface area contributed by atoms with E-state index in [-0.39, 0.29) is 0 Å². The van der Waals surface area contributed by atoms with Crippen LogP contribution in [-0.2, 0) is 4.79 Å². The van der Waals surface area contributed by atoms with Crippen molar-refractivity contribution in [3.63, 3.8) is 0 Å². The molecule has 1 amide bonds. The van der Waals surface area contributed by atoms with Crippen LogP contribution in [0.3, 0.4) is 0 Å². The van der Waals surface area contributed by atoms with E-state index >= 15 is 0 Å². The quantitative estimate of drug-likeness (QED) is 0.663. The Bertz CT molecular complexity index is 248. The van der Waals surface area contributed by atoms with Crippen LogP contribution >= 0.6 is 0 Å². The van der Waals surface area contributed by atoms with Crippen molar-refractivity contribution in [2.24, 2.45) is 11.8 Å². The highest BCUT2D eigenvalue weighted by Crippen LogP contribution is 2.46. The standard InChI is InChI=1S/C11H18N2O/c14-11-10-6-8(10)3-5-13(11)9-2-1-4-12-7-9/h8-10,12H,1-7H2. The van der Waals surface area contributed by atoms with E-state index in [9.17, 15) is 4.79 Å². The van der Waals surface area contributed by atoms with Gasteiger partial charge < -0.3 is 10.2 Å². The number of amides is 1. The monoisotopic (exact) mass is 194 g/mol. The van der Waals surface area contributed by atoms with Crippen LogP contribution in [0.1, 0.15) is 25.7 Å². The molecule has 3 fully saturated rings. The summed E-state index contributed by atoms with van der Waals surface area (Å²) >= 11 is 0. The largest absolute Gasteiger partial charge is 0.338 e. The van der Waals surface area contributed by atoms with Gasteiger partial charge in [-0.25, -0.2) is 0 Å². The number of hydrogen-bond donors (Lipinski definition) is 1. The summed E-state index contributed by atoms with van der Waals surface area (Å²) in [6.45, 7) is 3.17. The van der Waals surface area contributed by atoms with Gasteiger partial charge in [0.2, 0.25) is 5.91 Å². The third kappa shape index (κ3) is 1.34. The normalized spacial score (nSPS) is 42.1. The van der Waals surface area contributed by atoms with Crippen LogP contribution in [0.25, 0.3) is 0 Å².